The molecule has 1 amide bonds. The number of carboxylic acids is 1. The van der Waals surface area contributed by atoms with Crippen molar-refractivity contribution in [3.8, 4) is 11.1 Å². The molecule has 4 unspecified atom stereocenters. The van der Waals surface area contributed by atoms with Crippen LogP contribution in [0.2, 0.25) is 0 Å². The molecular weight excluding hydrogens is 582 g/mol. The van der Waals surface area contributed by atoms with Gasteiger partial charge in [0.15, 0.2) is 6.29 Å². The number of rotatable bonds is 12. The van der Waals surface area contributed by atoms with E-state index in [-0.39, 0.29) is 43.5 Å². The van der Waals surface area contributed by atoms with Crippen molar-refractivity contribution in [1.82, 2.24) is 25.5 Å². The summed E-state index contributed by atoms with van der Waals surface area (Å²) in [4.78, 5) is 22.8. The maximum Gasteiger partial charge on any atom is 0.303 e. The quantitative estimate of drug-likeness (QED) is 0.195. The maximum absolute atomic E-state index is 12.0. The molecule has 1 fully saturated rings. The highest BCUT2D eigenvalue weighted by atomic mass is 32.2. The number of nitrogens with one attached hydrogen (secondary N) is 1. The first kappa shape index (κ1) is 31.3. The lowest BCUT2D eigenvalue weighted by Gasteiger charge is -2.41. The van der Waals surface area contributed by atoms with E-state index in [1.165, 1.54) is 11.8 Å². The number of tetrazole rings is 1. The smallest absolute Gasteiger partial charge is 0.303 e. The summed E-state index contributed by atoms with van der Waals surface area (Å²) < 4.78 is 14.8. The predicted molar refractivity (Wildman–Crippen MR) is 163 cm³/mol. The molecule has 1 saturated heterocycles. The number of aromatic nitrogens is 4. The molecule has 0 aliphatic carbocycles. The van der Waals surface area contributed by atoms with Crippen LogP contribution in [-0.2, 0) is 39.3 Å². The molecule has 11 nitrogen and oxygen atoms in total. The van der Waals surface area contributed by atoms with Gasteiger partial charge in [-0.1, -0.05) is 79.3 Å². The van der Waals surface area contributed by atoms with Crippen molar-refractivity contribution in [2.75, 3.05) is 5.75 Å². The van der Waals surface area contributed by atoms with E-state index in [1.54, 1.807) is 11.7 Å². The molecule has 0 radical (unpaired) electrons. The highest BCUT2D eigenvalue weighted by Gasteiger charge is 2.38. The van der Waals surface area contributed by atoms with Gasteiger partial charge in [-0.3, -0.25) is 9.59 Å². The number of thioether (sulfide) groups is 1. The van der Waals surface area contributed by atoms with E-state index in [0.29, 0.717) is 17.5 Å². The summed E-state index contributed by atoms with van der Waals surface area (Å²) in [5.74, 6) is -0.656. The number of nitrogens with zero attached hydrogens (tertiary/aromatic N) is 4. The number of carboxylic acid groups (broad SMARTS) is 1. The molecule has 3 aromatic carbocycles. The number of hydrogen-bond acceptors (Lipinski definition) is 9. The lowest BCUT2D eigenvalue weighted by atomic mass is 9.91. The minimum atomic E-state index is -0.999. The molecule has 1 aliphatic heterocycles. The van der Waals surface area contributed by atoms with Crippen molar-refractivity contribution >= 4 is 23.6 Å². The Kier molecular flexibility index (Phi) is 10.4. The number of aliphatic hydroxyl groups is 1. The Labute approximate surface area is 259 Å². The number of aliphatic carboxylic acids is 1. The van der Waals surface area contributed by atoms with E-state index in [1.807, 2.05) is 72.8 Å². The lowest BCUT2D eigenvalue weighted by Crippen LogP contribution is -2.38. The number of hydrogen-bond donors (Lipinski definition) is 3. The molecule has 0 saturated carbocycles. The number of carbonyl (C=O) groups excluding carboxylic acids is 1. The number of amides is 1. The first-order valence-corrected chi connectivity index (χ1v) is 15.3. The van der Waals surface area contributed by atoms with Crippen LogP contribution in [0.4, 0.5) is 0 Å². The molecule has 4 atom stereocenters. The Hall–Kier alpha value is -4.10. The minimum Gasteiger partial charge on any atom is -0.481 e. The molecule has 1 aromatic heterocycles. The summed E-state index contributed by atoms with van der Waals surface area (Å²) in [5.41, 5.74) is 5.54. The van der Waals surface area contributed by atoms with Crippen molar-refractivity contribution in [3.63, 3.8) is 0 Å². The van der Waals surface area contributed by atoms with Crippen molar-refractivity contribution in [3.05, 3.63) is 95.1 Å². The van der Waals surface area contributed by atoms with Gasteiger partial charge in [0.05, 0.1) is 25.2 Å². The number of aliphatic hydroxyl groups excluding tert-OH is 1. The Bertz CT molecular complexity index is 1580. The summed E-state index contributed by atoms with van der Waals surface area (Å²) in [5, 5.41) is 33.6. The maximum atomic E-state index is 12.0. The monoisotopic (exact) mass is 617 g/mol. The highest BCUT2D eigenvalue weighted by molar-refractivity contribution is 7.99. The molecule has 5 rings (SSSR count). The van der Waals surface area contributed by atoms with Gasteiger partial charge in [0.25, 0.3) is 0 Å². The molecule has 1 aliphatic rings. The summed E-state index contributed by atoms with van der Waals surface area (Å²) in [7, 11) is 1.80. The van der Waals surface area contributed by atoms with Crippen LogP contribution >= 0.6 is 11.8 Å². The zero-order valence-corrected chi connectivity index (χ0v) is 25.3. The lowest BCUT2D eigenvalue weighted by molar-refractivity contribution is -0.268. The Balaban J connectivity index is 1.36. The summed E-state index contributed by atoms with van der Waals surface area (Å²) >= 11 is 1.53. The molecule has 12 heteroatoms. The first-order valence-electron chi connectivity index (χ1n) is 14.3. The third-order valence-electron chi connectivity index (χ3n) is 7.56. The second-order valence-corrected chi connectivity index (χ2v) is 11.7. The minimum absolute atomic E-state index is 0.0190. The zero-order chi connectivity index (χ0) is 31.1. The second-order valence-electron chi connectivity index (χ2n) is 10.7. The van der Waals surface area contributed by atoms with Gasteiger partial charge in [-0.25, -0.2) is 4.68 Å². The van der Waals surface area contributed by atoms with E-state index in [0.717, 1.165) is 33.4 Å². The van der Waals surface area contributed by atoms with Crippen LogP contribution in [0.25, 0.3) is 11.1 Å². The standard InChI is InChI=1S/C32H35N5O6S/c1-20-27(19-44-32-34-35-36-37(32)2)42-31(43-30(20)23-11-9-21(18-38)10-12-23)26-8-4-7-25(16-26)24-6-3-5-22(15-24)17-33-28(39)13-14-29(40)41/h3-12,15-16,20,27,30-31,38H,13-14,17-19H2,1-2H3,(H,33,39)(H,40,41). The Morgan fingerprint density at radius 1 is 0.955 bits per heavy atom. The third-order valence-corrected chi connectivity index (χ3v) is 8.66. The van der Waals surface area contributed by atoms with Gasteiger partial charge in [-0.2, -0.15) is 0 Å². The van der Waals surface area contributed by atoms with Crippen LogP contribution in [0.3, 0.4) is 0 Å². The SMILES string of the molecule is CC1C(CSc2nnnn2C)OC(c2cccc(-c3cccc(CNC(=O)CCC(=O)O)c3)c2)OC1c1ccc(CO)cc1. The first-order chi connectivity index (χ1) is 21.3. The van der Waals surface area contributed by atoms with Crippen LogP contribution < -0.4 is 5.32 Å². The normalized spacial score (nSPS) is 19.9. The molecule has 0 bridgehead atoms. The zero-order valence-electron chi connectivity index (χ0n) is 24.5. The van der Waals surface area contributed by atoms with Crippen molar-refractivity contribution in [1.29, 1.82) is 0 Å². The average molecular weight is 618 g/mol. The number of aryl methyl sites for hydroxylation is 1. The van der Waals surface area contributed by atoms with Crippen molar-refractivity contribution < 1.29 is 29.3 Å². The van der Waals surface area contributed by atoms with E-state index < -0.39 is 12.3 Å². The number of carbonyl (C=O) groups is 2. The van der Waals surface area contributed by atoms with Gasteiger partial charge in [-0.15, -0.1) is 5.10 Å². The van der Waals surface area contributed by atoms with Gasteiger partial charge < -0.3 is 25.0 Å². The van der Waals surface area contributed by atoms with Gasteiger partial charge >= 0.3 is 5.97 Å². The fourth-order valence-electron chi connectivity index (χ4n) is 5.05. The van der Waals surface area contributed by atoms with Gasteiger partial charge in [0.2, 0.25) is 11.1 Å². The second kappa shape index (κ2) is 14.6. The van der Waals surface area contributed by atoms with Crippen molar-refractivity contribution in [2.24, 2.45) is 13.0 Å². The van der Waals surface area contributed by atoms with Crippen molar-refractivity contribution in [2.45, 2.75) is 56.6 Å². The molecule has 3 N–H and O–H groups in total. The van der Waals surface area contributed by atoms with Gasteiger partial charge in [-0.05, 0) is 50.4 Å². The average Bonchev–Trinajstić information content (AvgIpc) is 3.46. The van der Waals surface area contributed by atoms with Crippen LogP contribution in [0, 0.1) is 5.92 Å². The van der Waals surface area contributed by atoms with E-state index >= 15 is 0 Å². The summed E-state index contributed by atoms with van der Waals surface area (Å²) in [6.07, 6.45) is -1.31. The summed E-state index contributed by atoms with van der Waals surface area (Å²) in [6.45, 7) is 2.39. The van der Waals surface area contributed by atoms with Gasteiger partial charge in [0.1, 0.15) is 0 Å². The largest absolute Gasteiger partial charge is 0.481 e. The molecular formula is C32H35N5O6S. The fourth-order valence-corrected chi connectivity index (χ4v) is 6.06. The summed E-state index contributed by atoms with van der Waals surface area (Å²) in [6, 6.07) is 23.7. The molecule has 0 spiro atoms. The molecule has 2 heterocycles. The number of ether oxygens (including phenoxy) is 2. The molecule has 230 valence electrons. The predicted octanol–water partition coefficient (Wildman–Crippen LogP) is 4.43. The van der Waals surface area contributed by atoms with Gasteiger partial charge in [0, 0.05) is 37.2 Å². The van der Waals surface area contributed by atoms with Crippen LogP contribution in [0.15, 0.2) is 78.0 Å². The van der Waals surface area contributed by atoms with E-state index in [2.05, 4.69) is 27.8 Å². The van der Waals surface area contributed by atoms with E-state index in [4.69, 9.17) is 14.6 Å². The van der Waals surface area contributed by atoms with Crippen LogP contribution in [-0.4, -0.2) is 54.2 Å². The molecule has 44 heavy (non-hydrogen) atoms. The molecule has 4 aromatic rings. The fraction of sp³-hybridized carbons (Fsp3) is 0.344. The van der Waals surface area contributed by atoms with Crippen LogP contribution in [0.1, 0.15) is 54.4 Å². The Morgan fingerprint density at radius 2 is 1.70 bits per heavy atom. The highest BCUT2D eigenvalue weighted by Crippen LogP contribution is 2.43. The van der Waals surface area contributed by atoms with E-state index in [9.17, 15) is 14.7 Å². The van der Waals surface area contributed by atoms with Crippen LogP contribution in [0.5, 0.6) is 0 Å². The Morgan fingerprint density at radius 3 is 2.41 bits per heavy atom. The third kappa shape index (κ3) is 7.88. The number of benzene rings is 3. The topological polar surface area (TPSA) is 149 Å².